The Bertz CT molecular complexity index is 676. The molecule has 0 aliphatic heterocycles. The van der Waals surface area contributed by atoms with Crippen LogP contribution in [0.2, 0.25) is 0 Å². The van der Waals surface area contributed by atoms with Gasteiger partial charge in [-0.2, -0.15) is 5.26 Å². The number of methoxy groups -OCH3 is 2. The highest BCUT2D eigenvalue weighted by Gasteiger charge is 2.17. The number of nitriles is 1. The molecule has 2 N–H and O–H groups in total. The van der Waals surface area contributed by atoms with Crippen LogP contribution in [0.3, 0.4) is 0 Å². The number of benzene rings is 1. The highest BCUT2D eigenvalue weighted by atomic mass is 16.5. The largest absolute Gasteiger partial charge is 0.496 e. The highest BCUT2D eigenvalue weighted by Crippen LogP contribution is 2.25. The van der Waals surface area contributed by atoms with Crippen LogP contribution >= 0.6 is 0 Å². The summed E-state index contributed by atoms with van der Waals surface area (Å²) < 4.78 is 17.4. The average molecular weight is 302 g/mol. The Kier molecular flexibility index (Phi) is 5.22. The molecule has 1 aromatic carbocycles. The van der Waals surface area contributed by atoms with E-state index in [-0.39, 0.29) is 23.9 Å². The number of para-hydroxylation sites is 1. The first-order chi connectivity index (χ1) is 10.7. The van der Waals surface area contributed by atoms with Crippen molar-refractivity contribution in [1.29, 1.82) is 5.26 Å². The minimum Gasteiger partial charge on any atom is -0.496 e. The predicted octanol–water partition coefficient (Wildman–Crippen LogP) is 1.57. The van der Waals surface area contributed by atoms with Crippen LogP contribution in [0.1, 0.15) is 11.1 Å². The Labute approximate surface area is 128 Å². The molecule has 0 unspecified atom stereocenters. The molecule has 0 atom stereocenters. The number of anilines is 1. The van der Waals surface area contributed by atoms with Gasteiger partial charge in [-0.05, 0) is 6.07 Å². The van der Waals surface area contributed by atoms with Crippen molar-refractivity contribution in [3.63, 3.8) is 0 Å². The maximum Gasteiger partial charge on any atom is 0.253 e. The van der Waals surface area contributed by atoms with E-state index >= 15 is 0 Å². The van der Waals surface area contributed by atoms with Crippen molar-refractivity contribution in [2.45, 2.75) is 13.2 Å². The van der Waals surface area contributed by atoms with E-state index in [0.29, 0.717) is 18.9 Å². The van der Waals surface area contributed by atoms with Gasteiger partial charge in [-0.3, -0.25) is 0 Å². The maximum absolute atomic E-state index is 9.22. The molecule has 2 rings (SSSR count). The summed E-state index contributed by atoms with van der Waals surface area (Å²) in [6, 6.07) is 9.51. The number of hydrogen-bond donors (Lipinski definition) is 1. The highest BCUT2D eigenvalue weighted by molar-refractivity contribution is 5.55. The number of hydrogen-bond acceptors (Lipinski definition) is 6. The fourth-order valence-electron chi connectivity index (χ4n) is 1.97. The molecular formula is C15H18N4O3. The van der Waals surface area contributed by atoms with Gasteiger partial charge in [0.25, 0.3) is 5.88 Å². The number of nitrogen functional groups attached to an aromatic ring is 1. The summed E-state index contributed by atoms with van der Waals surface area (Å²) in [5.74, 6) is 1.20. The second kappa shape index (κ2) is 7.33. The monoisotopic (exact) mass is 302 g/mol. The van der Waals surface area contributed by atoms with E-state index in [2.05, 4.69) is 5.10 Å². The molecule has 0 saturated carbocycles. The van der Waals surface area contributed by atoms with Crippen molar-refractivity contribution < 1.29 is 14.2 Å². The number of aromatic nitrogens is 2. The van der Waals surface area contributed by atoms with Gasteiger partial charge < -0.3 is 19.9 Å². The van der Waals surface area contributed by atoms with Crippen LogP contribution in [0.15, 0.2) is 24.3 Å². The molecule has 0 radical (unpaired) electrons. The second-order valence-electron chi connectivity index (χ2n) is 4.49. The van der Waals surface area contributed by atoms with Crippen LogP contribution in [-0.4, -0.2) is 30.6 Å². The van der Waals surface area contributed by atoms with E-state index in [1.165, 1.54) is 4.68 Å². The number of rotatable bonds is 7. The zero-order chi connectivity index (χ0) is 15.9. The Morgan fingerprint density at radius 3 is 2.77 bits per heavy atom. The molecule has 2 aromatic rings. The normalized spacial score (nSPS) is 10.2. The number of nitrogens with zero attached hydrogens (tertiary/aromatic N) is 3. The van der Waals surface area contributed by atoms with Crippen molar-refractivity contribution >= 4 is 5.82 Å². The Morgan fingerprint density at radius 2 is 2.09 bits per heavy atom. The van der Waals surface area contributed by atoms with E-state index in [0.717, 1.165) is 5.56 Å². The first kappa shape index (κ1) is 15.7. The zero-order valence-corrected chi connectivity index (χ0v) is 12.6. The van der Waals surface area contributed by atoms with Crippen LogP contribution in [-0.2, 0) is 17.9 Å². The van der Waals surface area contributed by atoms with Crippen LogP contribution in [0.4, 0.5) is 5.82 Å². The van der Waals surface area contributed by atoms with Crippen LogP contribution < -0.4 is 15.2 Å². The lowest BCUT2D eigenvalue weighted by atomic mass is 10.2. The molecule has 0 aliphatic carbocycles. The van der Waals surface area contributed by atoms with E-state index in [1.54, 1.807) is 14.2 Å². The quantitative estimate of drug-likeness (QED) is 0.834. The van der Waals surface area contributed by atoms with Gasteiger partial charge >= 0.3 is 0 Å². The molecule has 0 spiro atoms. The Hall–Kier alpha value is -2.72. The minimum atomic E-state index is 0.210. The third kappa shape index (κ3) is 3.30. The molecule has 116 valence electrons. The Morgan fingerprint density at radius 1 is 1.32 bits per heavy atom. The summed E-state index contributed by atoms with van der Waals surface area (Å²) in [5.41, 5.74) is 6.99. The first-order valence-electron chi connectivity index (χ1n) is 6.71. The van der Waals surface area contributed by atoms with Crippen molar-refractivity contribution in [1.82, 2.24) is 9.78 Å². The molecule has 0 saturated heterocycles. The standard InChI is InChI=1S/C15H18N4O3/c1-20-8-7-19-14(17)12(9-16)15(18-19)22-10-11-5-3-4-6-13(11)21-2/h3-6H,7-8,10,17H2,1-2H3. The third-order valence-corrected chi connectivity index (χ3v) is 3.14. The fourth-order valence-corrected chi connectivity index (χ4v) is 1.97. The maximum atomic E-state index is 9.22. The van der Waals surface area contributed by atoms with E-state index < -0.39 is 0 Å². The van der Waals surface area contributed by atoms with E-state index in [4.69, 9.17) is 19.9 Å². The van der Waals surface area contributed by atoms with E-state index in [9.17, 15) is 5.26 Å². The van der Waals surface area contributed by atoms with Gasteiger partial charge in [0.05, 0.1) is 20.3 Å². The topological polar surface area (TPSA) is 95.3 Å². The summed E-state index contributed by atoms with van der Waals surface area (Å²) in [5, 5.41) is 13.4. The molecule has 0 bridgehead atoms. The molecule has 7 heteroatoms. The van der Waals surface area contributed by atoms with Crippen LogP contribution in [0.5, 0.6) is 11.6 Å². The number of nitrogens with two attached hydrogens (primary N) is 1. The Balaban J connectivity index is 2.17. The predicted molar refractivity (Wildman–Crippen MR) is 80.6 cm³/mol. The zero-order valence-electron chi connectivity index (χ0n) is 12.6. The van der Waals surface area contributed by atoms with Gasteiger partial charge in [0.15, 0.2) is 5.56 Å². The van der Waals surface area contributed by atoms with E-state index in [1.807, 2.05) is 30.3 Å². The second-order valence-corrected chi connectivity index (χ2v) is 4.49. The SMILES string of the molecule is COCCn1nc(OCc2ccccc2OC)c(C#N)c1N. The molecule has 7 nitrogen and oxygen atoms in total. The van der Waals surface area contributed by atoms with Gasteiger partial charge in [0.1, 0.15) is 24.2 Å². The molecule has 0 fully saturated rings. The van der Waals surface area contributed by atoms with Gasteiger partial charge in [-0.25, -0.2) is 4.68 Å². The van der Waals surface area contributed by atoms with Gasteiger partial charge in [-0.1, -0.05) is 18.2 Å². The van der Waals surface area contributed by atoms with Crippen molar-refractivity contribution in [2.75, 3.05) is 26.6 Å². The molecule has 22 heavy (non-hydrogen) atoms. The fraction of sp³-hybridized carbons (Fsp3) is 0.333. The summed E-state index contributed by atoms with van der Waals surface area (Å²) in [4.78, 5) is 0. The smallest absolute Gasteiger partial charge is 0.253 e. The molecular weight excluding hydrogens is 284 g/mol. The summed E-state index contributed by atoms with van der Waals surface area (Å²) in [6.45, 7) is 1.14. The summed E-state index contributed by atoms with van der Waals surface area (Å²) in [6.07, 6.45) is 0. The van der Waals surface area contributed by atoms with Crippen LogP contribution in [0, 0.1) is 11.3 Å². The molecule has 1 heterocycles. The molecule has 0 amide bonds. The van der Waals surface area contributed by atoms with Gasteiger partial charge in [-0.15, -0.1) is 5.10 Å². The third-order valence-electron chi connectivity index (χ3n) is 3.14. The minimum absolute atomic E-state index is 0.210. The summed E-state index contributed by atoms with van der Waals surface area (Å²) in [7, 11) is 3.18. The lowest BCUT2D eigenvalue weighted by molar-refractivity contribution is 0.183. The molecule has 1 aromatic heterocycles. The lowest BCUT2D eigenvalue weighted by Crippen LogP contribution is -2.09. The molecule has 0 aliphatic rings. The van der Waals surface area contributed by atoms with Crippen LogP contribution in [0.25, 0.3) is 0 Å². The average Bonchev–Trinajstić information content (AvgIpc) is 2.86. The number of ether oxygens (including phenoxy) is 3. The lowest BCUT2D eigenvalue weighted by Gasteiger charge is -2.08. The van der Waals surface area contributed by atoms with Crippen molar-refractivity contribution in [2.24, 2.45) is 0 Å². The van der Waals surface area contributed by atoms with Gasteiger partial charge in [0.2, 0.25) is 0 Å². The summed E-state index contributed by atoms with van der Waals surface area (Å²) >= 11 is 0. The first-order valence-corrected chi connectivity index (χ1v) is 6.71. The van der Waals surface area contributed by atoms with Crippen molar-refractivity contribution in [3.05, 3.63) is 35.4 Å². The van der Waals surface area contributed by atoms with Crippen molar-refractivity contribution in [3.8, 4) is 17.7 Å². The van der Waals surface area contributed by atoms with Gasteiger partial charge in [0, 0.05) is 12.7 Å².